The lowest BCUT2D eigenvalue weighted by molar-refractivity contribution is -0.380. The minimum Gasteiger partial charge on any atom is -0.480 e. The molecular formula is C13H16N2O5S. The summed E-state index contributed by atoms with van der Waals surface area (Å²) in [5, 5.41) is 21.3. The average Bonchev–Trinajstić information content (AvgIpc) is 2.95. The van der Waals surface area contributed by atoms with Gasteiger partial charge >= 0.3 is 11.0 Å². The molecule has 2 atom stereocenters. The minimum atomic E-state index is -1.02. The zero-order valence-corrected chi connectivity index (χ0v) is 12.3. The number of piperidine rings is 1. The second-order valence-electron chi connectivity index (χ2n) is 5.08. The van der Waals surface area contributed by atoms with E-state index in [9.17, 15) is 24.8 Å². The van der Waals surface area contributed by atoms with Crippen molar-refractivity contribution >= 4 is 28.2 Å². The first kappa shape index (κ1) is 15.4. The van der Waals surface area contributed by atoms with Crippen LogP contribution in [0.25, 0.3) is 0 Å². The Balaban J connectivity index is 2.19. The van der Waals surface area contributed by atoms with Gasteiger partial charge in [-0.1, -0.05) is 24.7 Å². The first-order valence-electron chi connectivity index (χ1n) is 6.70. The fourth-order valence-electron chi connectivity index (χ4n) is 2.58. The van der Waals surface area contributed by atoms with Gasteiger partial charge < -0.3 is 10.0 Å². The summed E-state index contributed by atoms with van der Waals surface area (Å²) in [7, 11) is 0. The maximum Gasteiger partial charge on any atom is 0.326 e. The van der Waals surface area contributed by atoms with E-state index < -0.39 is 22.8 Å². The average molecular weight is 312 g/mol. The maximum absolute atomic E-state index is 12.4. The van der Waals surface area contributed by atoms with Crippen LogP contribution in [0, 0.1) is 16.0 Å². The number of aliphatic carboxylic acids is 1. The summed E-state index contributed by atoms with van der Waals surface area (Å²) < 4.78 is 0. The van der Waals surface area contributed by atoms with Crippen LogP contribution >= 0.6 is 11.3 Å². The Morgan fingerprint density at radius 3 is 2.81 bits per heavy atom. The van der Waals surface area contributed by atoms with Crippen LogP contribution in [0.1, 0.15) is 36.5 Å². The highest BCUT2D eigenvalue weighted by molar-refractivity contribution is 7.13. The molecule has 0 aliphatic carbocycles. The molecule has 8 heteroatoms. The number of nitro groups is 1. The van der Waals surface area contributed by atoms with E-state index in [0.717, 1.165) is 24.2 Å². The highest BCUT2D eigenvalue weighted by Gasteiger charge is 2.36. The molecule has 0 spiro atoms. The van der Waals surface area contributed by atoms with Crippen molar-refractivity contribution < 1.29 is 19.6 Å². The second kappa shape index (κ2) is 6.21. The number of carboxylic acid groups (broad SMARTS) is 1. The smallest absolute Gasteiger partial charge is 0.326 e. The lowest BCUT2D eigenvalue weighted by atomic mass is 9.88. The quantitative estimate of drug-likeness (QED) is 0.679. The van der Waals surface area contributed by atoms with Crippen molar-refractivity contribution in [3.63, 3.8) is 0 Å². The number of hydrogen-bond donors (Lipinski definition) is 1. The van der Waals surface area contributed by atoms with E-state index in [1.54, 1.807) is 0 Å². The lowest BCUT2D eigenvalue weighted by Crippen LogP contribution is -2.50. The SMILES string of the molecule is CCC1CCN(C(=O)c2csc([N+](=O)[O-])c2)C(C(=O)O)C1. The molecule has 1 N–H and O–H groups in total. The van der Waals surface area contributed by atoms with Gasteiger partial charge in [0.15, 0.2) is 0 Å². The molecule has 0 aromatic carbocycles. The summed E-state index contributed by atoms with van der Waals surface area (Å²) in [6, 6.07) is 0.354. The Labute approximate surface area is 125 Å². The summed E-state index contributed by atoms with van der Waals surface area (Å²) in [5.74, 6) is -1.17. The zero-order valence-electron chi connectivity index (χ0n) is 11.5. The summed E-state index contributed by atoms with van der Waals surface area (Å²) in [5.41, 5.74) is 0.188. The van der Waals surface area contributed by atoms with E-state index >= 15 is 0 Å². The van der Waals surface area contributed by atoms with Crippen LogP contribution in [0.4, 0.5) is 5.00 Å². The molecule has 0 bridgehead atoms. The van der Waals surface area contributed by atoms with Gasteiger partial charge in [0.05, 0.1) is 10.5 Å². The largest absolute Gasteiger partial charge is 0.480 e. The molecule has 1 aliphatic rings. The van der Waals surface area contributed by atoms with Crippen molar-refractivity contribution in [2.24, 2.45) is 5.92 Å². The molecule has 2 unspecified atom stereocenters. The number of carboxylic acids is 1. The Bertz CT molecular complexity index is 571. The molecule has 2 heterocycles. The molecule has 0 saturated carbocycles. The molecule has 1 aromatic heterocycles. The Morgan fingerprint density at radius 2 is 2.29 bits per heavy atom. The van der Waals surface area contributed by atoms with Crippen LogP contribution in [0.5, 0.6) is 0 Å². The van der Waals surface area contributed by atoms with E-state index in [2.05, 4.69) is 0 Å². The minimum absolute atomic E-state index is 0.117. The Hall–Kier alpha value is -1.96. The molecule has 1 fully saturated rings. The molecule has 0 radical (unpaired) electrons. The normalized spacial score (nSPS) is 22.0. The van der Waals surface area contributed by atoms with Crippen molar-refractivity contribution in [2.45, 2.75) is 32.2 Å². The van der Waals surface area contributed by atoms with Crippen molar-refractivity contribution in [3.8, 4) is 0 Å². The number of hydrogen-bond acceptors (Lipinski definition) is 5. The third kappa shape index (κ3) is 3.21. The van der Waals surface area contributed by atoms with Crippen molar-refractivity contribution in [1.82, 2.24) is 4.90 Å². The van der Waals surface area contributed by atoms with Gasteiger partial charge in [0.2, 0.25) is 0 Å². The molecule has 7 nitrogen and oxygen atoms in total. The fraction of sp³-hybridized carbons (Fsp3) is 0.538. The molecule has 1 aromatic rings. The van der Waals surface area contributed by atoms with Gasteiger partial charge in [0, 0.05) is 18.0 Å². The number of likely N-dealkylation sites (tertiary alicyclic amines) is 1. The van der Waals surface area contributed by atoms with E-state index in [4.69, 9.17) is 0 Å². The Morgan fingerprint density at radius 1 is 1.57 bits per heavy atom. The van der Waals surface area contributed by atoms with E-state index in [-0.39, 0.29) is 10.6 Å². The van der Waals surface area contributed by atoms with Crippen molar-refractivity contribution in [1.29, 1.82) is 0 Å². The van der Waals surface area contributed by atoms with Crippen LogP contribution in [0.2, 0.25) is 0 Å². The van der Waals surface area contributed by atoms with Gasteiger partial charge in [-0.2, -0.15) is 0 Å². The molecule has 1 saturated heterocycles. The maximum atomic E-state index is 12.4. The van der Waals surface area contributed by atoms with Crippen LogP contribution in [-0.2, 0) is 4.79 Å². The number of rotatable bonds is 4. The molecule has 2 rings (SSSR count). The van der Waals surface area contributed by atoms with Crippen LogP contribution < -0.4 is 0 Å². The topological polar surface area (TPSA) is 101 Å². The summed E-state index contributed by atoms with van der Waals surface area (Å²) in [4.78, 5) is 35.2. The lowest BCUT2D eigenvalue weighted by Gasteiger charge is -2.36. The van der Waals surface area contributed by atoms with Crippen LogP contribution in [-0.4, -0.2) is 39.4 Å². The molecular weight excluding hydrogens is 296 g/mol. The van der Waals surface area contributed by atoms with Gasteiger partial charge in [-0.15, -0.1) is 0 Å². The summed E-state index contributed by atoms with van der Waals surface area (Å²) >= 11 is 0.871. The fourth-order valence-corrected chi connectivity index (χ4v) is 3.28. The first-order valence-corrected chi connectivity index (χ1v) is 7.58. The predicted octanol–water partition coefficient (Wildman–Crippen LogP) is 2.37. The summed E-state index contributed by atoms with van der Waals surface area (Å²) in [6.45, 7) is 2.38. The number of carbonyl (C=O) groups is 2. The van der Waals surface area contributed by atoms with E-state index in [1.807, 2.05) is 6.92 Å². The molecule has 21 heavy (non-hydrogen) atoms. The number of carbonyl (C=O) groups excluding carboxylic acids is 1. The number of thiophene rings is 1. The standard InChI is InChI=1S/C13H16N2O5S/c1-2-8-3-4-14(10(5-8)13(17)18)12(16)9-6-11(15(19)20)21-7-9/h6-8,10H,2-5H2,1H3,(H,17,18). The van der Waals surface area contributed by atoms with Gasteiger partial charge in [-0.25, -0.2) is 4.79 Å². The third-order valence-corrected chi connectivity index (χ3v) is 4.73. The predicted molar refractivity (Wildman–Crippen MR) is 76.4 cm³/mol. The monoisotopic (exact) mass is 312 g/mol. The van der Waals surface area contributed by atoms with Gasteiger partial charge in [-0.3, -0.25) is 14.9 Å². The Kier molecular flexibility index (Phi) is 4.56. The first-order chi connectivity index (χ1) is 9.93. The zero-order chi connectivity index (χ0) is 15.6. The van der Waals surface area contributed by atoms with Gasteiger partial charge in [0.25, 0.3) is 5.91 Å². The van der Waals surface area contributed by atoms with Crippen LogP contribution in [0.3, 0.4) is 0 Å². The highest BCUT2D eigenvalue weighted by atomic mass is 32.1. The second-order valence-corrected chi connectivity index (χ2v) is 5.97. The molecule has 114 valence electrons. The van der Waals surface area contributed by atoms with Crippen molar-refractivity contribution in [3.05, 3.63) is 27.1 Å². The van der Waals surface area contributed by atoms with Crippen molar-refractivity contribution in [2.75, 3.05) is 6.54 Å². The highest BCUT2D eigenvalue weighted by Crippen LogP contribution is 2.29. The number of nitrogens with zero attached hydrogens (tertiary/aromatic N) is 2. The third-order valence-electron chi connectivity index (χ3n) is 3.85. The summed E-state index contributed by atoms with van der Waals surface area (Å²) in [6.07, 6.45) is 2.08. The van der Waals surface area contributed by atoms with Gasteiger partial charge in [-0.05, 0) is 18.8 Å². The number of amides is 1. The molecule has 1 aliphatic heterocycles. The van der Waals surface area contributed by atoms with E-state index in [0.29, 0.717) is 18.9 Å². The van der Waals surface area contributed by atoms with Crippen LogP contribution in [0.15, 0.2) is 11.4 Å². The molecule has 1 amide bonds. The van der Waals surface area contributed by atoms with E-state index in [1.165, 1.54) is 16.3 Å². The van der Waals surface area contributed by atoms with Gasteiger partial charge in [0.1, 0.15) is 6.04 Å².